The van der Waals surface area contributed by atoms with Crippen LogP contribution in [0, 0.1) is 5.92 Å². The van der Waals surface area contributed by atoms with Crippen molar-refractivity contribution in [2.45, 2.75) is 19.2 Å². The first kappa shape index (κ1) is 13.0. The molecule has 1 rings (SSSR count). The van der Waals surface area contributed by atoms with E-state index in [1.54, 1.807) is 6.92 Å². The van der Waals surface area contributed by atoms with Gasteiger partial charge in [0.2, 0.25) is 0 Å². The Morgan fingerprint density at radius 2 is 1.69 bits per heavy atom. The molecular weight excluding hydrogens is 221 g/mol. The number of rotatable bonds is 3. The molecule has 0 saturated heterocycles. The van der Waals surface area contributed by atoms with Gasteiger partial charge in [-0.1, -0.05) is 19.1 Å². The van der Waals surface area contributed by atoms with Gasteiger partial charge in [-0.05, 0) is 17.7 Å². The average Bonchev–Trinajstić information content (AvgIpc) is 2.26. The van der Waals surface area contributed by atoms with Gasteiger partial charge < -0.3 is 10.2 Å². The molecule has 1 aromatic carbocycles. The monoisotopic (exact) mass is 234 g/mol. The van der Waals surface area contributed by atoms with Crippen LogP contribution in [0.2, 0.25) is 0 Å². The molecule has 2 nitrogen and oxygen atoms in total. The fraction of sp³-hybridized carbons (Fsp3) is 0.455. The van der Waals surface area contributed by atoms with E-state index in [-0.39, 0.29) is 6.61 Å². The Labute approximate surface area is 91.3 Å². The number of aliphatic hydroxyl groups is 2. The van der Waals surface area contributed by atoms with Crippen LogP contribution in [0.5, 0.6) is 0 Å². The molecule has 1 aromatic rings. The molecule has 5 heteroatoms. The van der Waals surface area contributed by atoms with Gasteiger partial charge in [0.05, 0.1) is 11.7 Å². The summed E-state index contributed by atoms with van der Waals surface area (Å²) in [6.45, 7) is 1.39. The molecule has 0 saturated carbocycles. The number of benzene rings is 1. The van der Waals surface area contributed by atoms with E-state index >= 15 is 0 Å². The van der Waals surface area contributed by atoms with Crippen LogP contribution in [0.25, 0.3) is 0 Å². The molecular formula is C11H13F3O2. The van der Waals surface area contributed by atoms with E-state index in [4.69, 9.17) is 5.11 Å². The normalized spacial score (nSPS) is 15.9. The highest BCUT2D eigenvalue weighted by atomic mass is 19.4. The maximum atomic E-state index is 12.2. The molecule has 0 radical (unpaired) electrons. The molecule has 90 valence electrons. The highest BCUT2D eigenvalue weighted by Crippen LogP contribution is 2.30. The SMILES string of the molecule is C[C@H](CO)[C@@H](O)c1ccc(C(F)(F)F)cc1. The molecule has 0 spiro atoms. The lowest BCUT2D eigenvalue weighted by molar-refractivity contribution is -0.137. The Balaban J connectivity index is 2.87. The molecule has 16 heavy (non-hydrogen) atoms. The highest BCUT2D eigenvalue weighted by molar-refractivity contribution is 5.26. The summed E-state index contributed by atoms with van der Waals surface area (Å²) in [4.78, 5) is 0. The summed E-state index contributed by atoms with van der Waals surface area (Å²) in [7, 11) is 0. The molecule has 0 heterocycles. The first-order chi connectivity index (χ1) is 7.36. The van der Waals surface area contributed by atoms with Crippen LogP contribution in [0.1, 0.15) is 24.2 Å². The van der Waals surface area contributed by atoms with Crippen molar-refractivity contribution in [3.8, 4) is 0 Å². The number of hydrogen-bond acceptors (Lipinski definition) is 2. The van der Waals surface area contributed by atoms with Crippen molar-refractivity contribution in [2.75, 3.05) is 6.61 Å². The molecule has 0 aliphatic rings. The second-order valence-corrected chi connectivity index (χ2v) is 3.72. The van der Waals surface area contributed by atoms with Gasteiger partial charge in [0.1, 0.15) is 0 Å². The van der Waals surface area contributed by atoms with Crippen LogP contribution in [0.4, 0.5) is 13.2 Å². The van der Waals surface area contributed by atoms with Gasteiger partial charge in [0, 0.05) is 12.5 Å². The summed E-state index contributed by atoms with van der Waals surface area (Å²) in [5.74, 6) is -0.406. The number of aliphatic hydroxyl groups excluding tert-OH is 2. The Kier molecular flexibility index (Phi) is 3.93. The second kappa shape index (κ2) is 4.84. The zero-order valence-corrected chi connectivity index (χ0v) is 8.70. The summed E-state index contributed by atoms with van der Waals surface area (Å²) in [6.07, 6.45) is -5.32. The minimum absolute atomic E-state index is 0.220. The minimum atomic E-state index is -4.37. The summed E-state index contributed by atoms with van der Waals surface area (Å²) < 4.78 is 36.7. The molecule has 0 aliphatic carbocycles. The lowest BCUT2D eigenvalue weighted by Gasteiger charge is -2.17. The van der Waals surface area contributed by atoms with Crippen LogP contribution < -0.4 is 0 Å². The third kappa shape index (κ3) is 2.96. The van der Waals surface area contributed by atoms with E-state index in [2.05, 4.69) is 0 Å². The van der Waals surface area contributed by atoms with Crippen LogP contribution >= 0.6 is 0 Å². The third-order valence-electron chi connectivity index (χ3n) is 2.41. The van der Waals surface area contributed by atoms with Crippen molar-refractivity contribution in [1.29, 1.82) is 0 Å². The zero-order chi connectivity index (χ0) is 12.3. The van der Waals surface area contributed by atoms with Gasteiger partial charge in [0.25, 0.3) is 0 Å². The molecule has 0 unspecified atom stereocenters. The largest absolute Gasteiger partial charge is 0.416 e. The third-order valence-corrected chi connectivity index (χ3v) is 2.41. The first-order valence-electron chi connectivity index (χ1n) is 4.82. The van der Waals surface area contributed by atoms with Crippen LogP contribution in [-0.4, -0.2) is 16.8 Å². The Hall–Kier alpha value is -1.07. The van der Waals surface area contributed by atoms with Crippen molar-refractivity contribution < 1.29 is 23.4 Å². The van der Waals surface area contributed by atoms with Gasteiger partial charge in [-0.2, -0.15) is 13.2 Å². The summed E-state index contributed by atoms with van der Waals surface area (Å²) in [6, 6.07) is 4.28. The fourth-order valence-electron chi connectivity index (χ4n) is 1.30. The summed E-state index contributed by atoms with van der Waals surface area (Å²) in [5.41, 5.74) is -0.380. The van der Waals surface area contributed by atoms with Gasteiger partial charge in [-0.25, -0.2) is 0 Å². The first-order valence-corrected chi connectivity index (χ1v) is 4.82. The van der Waals surface area contributed by atoms with E-state index in [0.717, 1.165) is 12.1 Å². The van der Waals surface area contributed by atoms with Gasteiger partial charge >= 0.3 is 6.18 Å². The maximum Gasteiger partial charge on any atom is 0.416 e. The molecule has 0 aliphatic heterocycles. The highest BCUT2D eigenvalue weighted by Gasteiger charge is 2.30. The maximum absolute atomic E-state index is 12.2. The minimum Gasteiger partial charge on any atom is -0.396 e. The van der Waals surface area contributed by atoms with Crippen molar-refractivity contribution in [3.63, 3.8) is 0 Å². The van der Waals surface area contributed by atoms with E-state index in [1.807, 2.05) is 0 Å². The van der Waals surface area contributed by atoms with Gasteiger partial charge in [-0.3, -0.25) is 0 Å². The van der Waals surface area contributed by atoms with Crippen molar-refractivity contribution >= 4 is 0 Å². The van der Waals surface area contributed by atoms with E-state index in [1.165, 1.54) is 12.1 Å². The van der Waals surface area contributed by atoms with E-state index < -0.39 is 23.8 Å². The quantitative estimate of drug-likeness (QED) is 0.842. The Bertz CT molecular complexity index is 332. The predicted molar refractivity (Wildman–Crippen MR) is 52.7 cm³/mol. The molecule has 0 bridgehead atoms. The molecule has 0 amide bonds. The van der Waals surface area contributed by atoms with Crippen molar-refractivity contribution in [3.05, 3.63) is 35.4 Å². The standard InChI is InChI=1S/C11H13F3O2/c1-7(6-15)10(16)8-2-4-9(5-3-8)11(12,13)14/h2-5,7,10,15-16H,6H2,1H3/t7-,10-/m1/s1. The van der Waals surface area contributed by atoms with Gasteiger partial charge in [-0.15, -0.1) is 0 Å². The topological polar surface area (TPSA) is 40.5 Å². The number of alkyl halides is 3. The van der Waals surface area contributed by atoms with Gasteiger partial charge in [0.15, 0.2) is 0 Å². The van der Waals surface area contributed by atoms with Crippen molar-refractivity contribution in [2.24, 2.45) is 5.92 Å². The second-order valence-electron chi connectivity index (χ2n) is 3.72. The lowest BCUT2D eigenvalue weighted by Crippen LogP contribution is -2.13. The van der Waals surface area contributed by atoms with Crippen LogP contribution in [-0.2, 0) is 6.18 Å². The van der Waals surface area contributed by atoms with Crippen LogP contribution in [0.15, 0.2) is 24.3 Å². The zero-order valence-electron chi connectivity index (χ0n) is 8.70. The van der Waals surface area contributed by atoms with E-state index in [9.17, 15) is 18.3 Å². The smallest absolute Gasteiger partial charge is 0.396 e. The summed E-state index contributed by atoms with van der Waals surface area (Å²) in [5, 5.41) is 18.5. The molecule has 2 N–H and O–H groups in total. The Morgan fingerprint density at radius 3 is 2.06 bits per heavy atom. The van der Waals surface area contributed by atoms with E-state index in [0.29, 0.717) is 5.56 Å². The fourth-order valence-corrected chi connectivity index (χ4v) is 1.30. The molecule has 0 fully saturated rings. The van der Waals surface area contributed by atoms with Crippen LogP contribution in [0.3, 0.4) is 0 Å². The number of hydrogen-bond donors (Lipinski definition) is 2. The Morgan fingerprint density at radius 1 is 1.19 bits per heavy atom. The molecule has 2 atom stereocenters. The number of halogens is 3. The molecule has 0 aromatic heterocycles. The predicted octanol–water partition coefficient (Wildman–Crippen LogP) is 2.37. The average molecular weight is 234 g/mol. The summed E-state index contributed by atoms with van der Waals surface area (Å²) >= 11 is 0. The van der Waals surface area contributed by atoms with Crippen molar-refractivity contribution in [1.82, 2.24) is 0 Å². The lowest BCUT2D eigenvalue weighted by atomic mass is 9.97.